The molecule has 1 aromatic carbocycles. The molecule has 1 fully saturated rings. The molecule has 9 heteroatoms. The molecule has 1 saturated heterocycles. The van der Waals surface area contributed by atoms with Crippen LogP contribution in [0.1, 0.15) is 40.8 Å². The van der Waals surface area contributed by atoms with Crippen LogP contribution < -0.4 is 9.47 Å². The summed E-state index contributed by atoms with van der Waals surface area (Å²) < 4.78 is 29.0. The molecule has 0 N–H and O–H groups in total. The summed E-state index contributed by atoms with van der Waals surface area (Å²) in [5.74, 6) is 1.73. The number of halogens is 1. The Morgan fingerprint density at radius 1 is 1.26 bits per heavy atom. The molecule has 1 aliphatic heterocycles. The van der Waals surface area contributed by atoms with Crippen LogP contribution >= 0.6 is 0 Å². The number of hydrogen-bond donors (Lipinski definition) is 0. The Kier molecular flexibility index (Phi) is 6.40. The molecular formula is C22H23FN4O4. The van der Waals surface area contributed by atoms with E-state index in [2.05, 4.69) is 15.1 Å². The van der Waals surface area contributed by atoms with Gasteiger partial charge in [0.15, 0.2) is 5.82 Å². The molecule has 0 saturated carbocycles. The Morgan fingerprint density at radius 3 is 2.84 bits per heavy atom. The number of hydrogen-bond acceptors (Lipinski definition) is 7. The van der Waals surface area contributed by atoms with Crippen molar-refractivity contribution in [1.29, 1.82) is 0 Å². The highest BCUT2D eigenvalue weighted by atomic mass is 19.1. The zero-order valence-electron chi connectivity index (χ0n) is 17.2. The predicted octanol–water partition coefficient (Wildman–Crippen LogP) is 3.25. The van der Waals surface area contributed by atoms with Crippen LogP contribution in [0.15, 0.2) is 47.1 Å². The minimum Gasteiger partial charge on any atom is -0.493 e. The van der Waals surface area contributed by atoms with Gasteiger partial charge in [-0.2, -0.15) is 4.98 Å². The van der Waals surface area contributed by atoms with E-state index in [0.29, 0.717) is 55.0 Å². The maximum absolute atomic E-state index is 12.9. The number of benzene rings is 1. The lowest BCUT2D eigenvalue weighted by Gasteiger charge is -2.31. The highest BCUT2D eigenvalue weighted by molar-refractivity contribution is 5.94. The third-order valence-corrected chi connectivity index (χ3v) is 5.14. The molecule has 4 rings (SSSR count). The maximum atomic E-state index is 12.9. The van der Waals surface area contributed by atoms with Gasteiger partial charge in [0.05, 0.1) is 25.2 Å². The first-order valence-electron chi connectivity index (χ1n) is 10.1. The molecule has 0 aliphatic carbocycles. The SMILES string of the molecule is COc1ccc(C(=O)N2CCCC(c3nc(CCOc4ccc(F)cc4)no3)C2)cn1. The lowest BCUT2D eigenvalue weighted by Crippen LogP contribution is -2.39. The number of aromatic nitrogens is 3. The second kappa shape index (κ2) is 9.55. The largest absolute Gasteiger partial charge is 0.493 e. The first-order valence-corrected chi connectivity index (χ1v) is 10.1. The van der Waals surface area contributed by atoms with Crippen LogP contribution in [0, 0.1) is 5.82 Å². The summed E-state index contributed by atoms with van der Waals surface area (Å²) in [7, 11) is 1.53. The van der Waals surface area contributed by atoms with E-state index >= 15 is 0 Å². The molecule has 1 atom stereocenters. The predicted molar refractivity (Wildman–Crippen MR) is 109 cm³/mol. The van der Waals surface area contributed by atoms with Gasteiger partial charge in [-0.1, -0.05) is 5.16 Å². The molecule has 1 amide bonds. The van der Waals surface area contributed by atoms with Gasteiger partial charge < -0.3 is 18.9 Å². The van der Waals surface area contributed by atoms with Crippen LogP contribution in [-0.2, 0) is 6.42 Å². The highest BCUT2D eigenvalue weighted by Crippen LogP contribution is 2.27. The fourth-order valence-corrected chi connectivity index (χ4v) is 3.50. The van der Waals surface area contributed by atoms with Gasteiger partial charge in [0.1, 0.15) is 11.6 Å². The molecule has 2 aromatic heterocycles. The maximum Gasteiger partial charge on any atom is 0.255 e. The van der Waals surface area contributed by atoms with Crippen molar-refractivity contribution >= 4 is 5.91 Å². The van der Waals surface area contributed by atoms with Gasteiger partial charge in [-0.15, -0.1) is 0 Å². The summed E-state index contributed by atoms with van der Waals surface area (Å²) >= 11 is 0. The van der Waals surface area contributed by atoms with Crippen molar-refractivity contribution < 1.29 is 23.2 Å². The van der Waals surface area contributed by atoms with Gasteiger partial charge in [0, 0.05) is 31.8 Å². The van der Waals surface area contributed by atoms with E-state index in [9.17, 15) is 9.18 Å². The van der Waals surface area contributed by atoms with E-state index in [0.717, 1.165) is 12.8 Å². The summed E-state index contributed by atoms with van der Waals surface area (Å²) in [5.41, 5.74) is 0.519. The van der Waals surface area contributed by atoms with Crippen LogP contribution in [0.5, 0.6) is 11.6 Å². The fraction of sp³-hybridized carbons (Fsp3) is 0.364. The summed E-state index contributed by atoms with van der Waals surface area (Å²) in [6.45, 7) is 1.54. The van der Waals surface area contributed by atoms with Crippen molar-refractivity contribution in [2.75, 3.05) is 26.8 Å². The minimum absolute atomic E-state index is 0.0109. The third kappa shape index (κ3) is 5.17. The Morgan fingerprint density at radius 2 is 2.10 bits per heavy atom. The molecule has 0 spiro atoms. The molecule has 31 heavy (non-hydrogen) atoms. The van der Waals surface area contributed by atoms with Crippen molar-refractivity contribution in [1.82, 2.24) is 20.0 Å². The fourth-order valence-electron chi connectivity index (χ4n) is 3.50. The first kappa shape index (κ1) is 20.8. The van der Waals surface area contributed by atoms with Crippen LogP contribution in [0.3, 0.4) is 0 Å². The number of methoxy groups -OCH3 is 1. The quantitative estimate of drug-likeness (QED) is 0.573. The topological polar surface area (TPSA) is 90.6 Å². The zero-order valence-corrected chi connectivity index (χ0v) is 17.2. The van der Waals surface area contributed by atoms with Gasteiger partial charge in [0.2, 0.25) is 11.8 Å². The number of ether oxygens (including phenoxy) is 2. The summed E-state index contributed by atoms with van der Waals surface area (Å²) in [4.78, 5) is 23.2. The molecule has 3 aromatic rings. The Bertz CT molecular complexity index is 1010. The van der Waals surface area contributed by atoms with E-state index in [1.165, 1.54) is 25.4 Å². The number of nitrogens with zero attached hydrogens (tertiary/aromatic N) is 4. The molecule has 0 radical (unpaired) electrons. The van der Waals surface area contributed by atoms with Crippen molar-refractivity contribution in [3.8, 4) is 11.6 Å². The minimum atomic E-state index is -0.307. The number of amides is 1. The summed E-state index contributed by atoms with van der Waals surface area (Å²) in [6, 6.07) is 9.22. The number of piperidine rings is 1. The Labute approximate surface area is 179 Å². The summed E-state index contributed by atoms with van der Waals surface area (Å²) in [5, 5.41) is 4.03. The smallest absolute Gasteiger partial charge is 0.255 e. The standard InChI is InChI=1S/C22H23FN4O4/c1-29-20-9-4-15(13-24-20)22(28)27-11-2-3-16(14-27)21-25-19(26-31-21)10-12-30-18-7-5-17(23)6-8-18/h4-9,13,16H,2-3,10-12,14H2,1H3. The van der Waals surface area contributed by atoms with Crippen molar-refractivity contribution in [2.45, 2.75) is 25.2 Å². The highest BCUT2D eigenvalue weighted by Gasteiger charge is 2.29. The van der Waals surface area contributed by atoms with Crippen LogP contribution in [0.2, 0.25) is 0 Å². The average Bonchev–Trinajstić information content (AvgIpc) is 3.29. The number of rotatable bonds is 7. The Balaban J connectivity index is 1.32. The van der Waals surface area contributed by atoms with E-state index in [4.69, 9.17) is 14.0 Å². The van der Waals surface area contributed by atoms with Crippen LogP contribution in [0.4, 0.5) is 4.39 Å². The third-order valence-electron chi connectivity index (χ3n) is 5.14. The van der Waals surface area contributed by atoms with Crippen LogP contribution in [-0.4, -0.2) is 52.7 Å². The lowest BCUT2D eigenvalue weighted by molar-refractivity contribution is 0.0695. The van der Waals surface area contributed by atoms with Gasteiger partial charge in [-0.05, 0) is 43.2 Å². The molecule has 1 aliphatic rings. The molecule has 162 valence electrons. The van der Waals surface area contributed by atoms with E-state index in [-0.39, 0.29) is 17.6 Å². The van der Waals surface area contributed by atoms with E-state index in [1.54, 1.807) is 29.2 Å². The van der Waals surface area contributed by atoms with Crippen LogP contribution in [0.25, 0.3) is 0 Å². The average molecular weight is 426 g/mol. The normalized spacial score (nSPS) is 16.2. The second-order valence-electron chi connectivity index (χ2n) is 7.28. The number of carbonyl (C=O) groups excluding carboxylic acids is 1. The van der Waals surface area contributed by atoms with Crippen molar-refractivity contribution in [3.05, 3.63) is 65.7 Å². The molecule has 3 heterocycles. The Hall–Kier alpha value is -3.49. The van der Waals surface area contributed by atoms with Gasteiger partial charge in [-0.3, -0.25) is 4.79 Å². The molecular weight excluding hydrogens is 403 g/mol. The monoisotopic (exact) mass is 426 g/mol. The van der Waals surface area contributed by atoms with Crippen molar-refractivity contribution in [2.24, 2.45) is 0 Å². The molecule has 1 unspecified atom stereocenters. The molecule has 8 nitrogen and oxygen atoms in total. The first-order chi connectivity index (χ1) is 15.1. The summed E-state index contributed by atoms with van der Waals surface area (Å²) in [6.07, 6.45) is 3.72. The van der Waals surface area contributed by atoms with Gasteiger partial charge >= 0.3 is 0 Å². The second-order valence-corrected chi connectivity index (χ2v) is 7.28. The van der Waals surface area contributed by atoms with Crippen molar-refractivity contribution in [3.63, 3.8) is 0 Å². The van der Waals surface area contributed by atoms with Gasteiger partial charge in [-0.25, -0.2) is 9.37 Å². The van der Waals surface area contributed by atoms with Gasteiger partial charge in [0.25, 0.3) is 5.91 Å². The lowest BCUT2D eigenvalue weighted by atomic mass is 9.97. The van der Waals surface area contributed by atoms with E-state index in [1.807, 2.05) is 0 Å². The number of likely N-dealkylation sites (tertiary alicyclic amines) is 1. The van der Waals surface area contributed by atoms with E-state index < -0.39 is 0 Å². The zero-order chi connectivity index (χ0) is 21.6. The number of pyridine rings is 1. The molecule has 0 bridgehead atoms. The number of carbonyl (C=O) groups is 1.